The van der Waals surface area contributed by atoms with Crippen LogP contribution in [0.3, 0.4) is 0 Å². The molecule has 0 aromatic carbocycles. The second-order valence-corrected chi connectivity index (χ2v) is 1.12. The van der Waals surface area contributed by atoms with Crippen molar-refractivity contribution in [3.05, 3.63) is 0 Å². The maximum atomic E-state index is 11.4. The Labute approximate surface area is 44.1 Å². The van der Waals surface area contributed by atoms with Crippen LogP contribution in [0.25, 0.3) is 0 Å². The lowest BCUT2D eigenvalue weighted by atomic mass is 10.6. The summed E-state index contributed by atoms with van der Waals surface area (Å²) < 4.78 is 22.9. The van der Waals surface area contributed by atoms with Crippen molar-refractivity contribution in [1.82, 2.24) is 5.43 Å². The van der Waals surface area contributed by atoms with Gasteiger partial charge in [0.25, 0.3) is 6.43 Å². The summed E-state index contributed by atoms with van der Waals surface area (Å²) in [5, 5.41) is 3.00. The standard InChI is InChI=1S/C3H2F2N3/c4-2(5)3-6-1-7-8-3/h1-2H. The number of aliphatic imine (C=N–C) groups is 1. The van der Waals surface area contributed by atoms with Gasteiger partial charge >= 0.3 is 0 Å². The number of nitrogens with zero attached hydrogens (tertiary/aromatic N) is 3. The molecule has 0 spiro atoms. The van der Waals surface area contributed by atoms with Crippen LogP contribution >= 0.6 is 0 Å². The fourth-order valence-electron chi connectivity index (χ4n) is 0.296. The fourth-order valence-corrected chi connectivity index (χ4v) is 0.296. The molecule has 0 aromatic heterocycles. The highest BCUT2D eigenvalue weighted by Crippen LogP contribution is 1.99. The number of amidine groups is 1. The van der Waals surface area contributed by atoms with Crippen LogP contribution in [-0.4, -0.2) is 18.6 Å². The fraction of sp³-hybridized carbons (Fsp3) is 0.333. The van der Waals surface area contributed by atoms with Crippen LogP contribution in [0, 0.1) is 0 Å². The molecule has 0 saturated carbocycles. The van der Waals surface area contributed by atoms with Crippen molar-refractivity contribution < 1.29 is 8.78 Å². The van der Waals surface area contributed by atoms with Crippen molar-refractivity contribution in [2.45, 2.75) is 6.43 Å². The van der Waals surface area contributed by atoms with E-state index in [0.29, 0.717) is 0 Å². The molecule has 0 unspecified atom stereocenters. The molecule has 1 aliphatic rings. The van der Waals surface area contributed by atoms with E-state index in [9.17, 15) is 8.78 Å². The lowest BCUT2D eigenvalue weighted by Gasteiger charge is -1.86. The van der Waals surface area contributed by atoms with Gasteiger partial charge in [-0.2, -0.15) is 0 Å². The van der Waals surface area contributed by atoms with Crippen LogP contribution in [0.15, 0.2) is 10.1 Å². The van der Waals surface area contributed by atoms with E-state index in [1.807, 2.05) is 0 Å². The monoisotopic (exact) mass is 118 g/mol. The zero-order chi connectivity index (χ0) is 5.98. The number of alkyl halides is 2. The van der Waals surface area contributed by atoms with Crippen LogP contribution in [0.2, 0.25) is 0 Å². The average Bonchev–Trinajstić information content (AvgIpc) is 2.12. The van der Waals surface area contributed by atoms with Crippen molar-refractivity contribution in [3.63, 3.8) is 0 Å². The molecule has 0 atom stereocenters. The predicted molar refractivity (Wildman–Crippen MR) is 24.1 cm³/mol. The summed E-state index contributed by atoms with van der Waals surface area (Å²) in [4.78, 5) is 3.14. The van der Waals surface area contributed by atoms with E-state index in [1.165, 1.54) is 0 Å². The molecule has 0 aromatic rings. The number of halogens is 2. The highest BCUT2D eigenvalue weighted by molar-refractivity contribution is 5.94. The largest absolute Gasteiger partial charge is 0.299 e. The highest BCUT2D eigenvalue weighted by Gasteiger charge is 2.13. The highest BCUT2D eigenvalue weighted by atomic mass is 19.3. The van der Waals surface area contributed by atoms with Gasteiger partial charge in [0, 0.05) is 0 Å². The molecular formula is C3H2F2N3. The lowest BCUT2D eigenvalue weighted by Crippen LogP contribution is -2.03. The van der Waals surface area contributed by atoms with E-state index in [1.54, 1.807) is 0 Å². The van der Waals surface area contributed by atoms with Crippen LogP contribution in [0.1, 0.15) is 0 Å². The minimum atomic E-state index is -2.60. The first-order chi connectivity index (χ1) is 3.80. The molecule has 0 aliphatic carbocycles. The Morgan fingerprint density at radius 2 is 2.25 bits per heavy atom. The van der Waals surface area contributed by atoms with Crippen molar-refractivity contribution in [2.24, 2.45) is 10.1 Å². The Kier molecular flexibility index (Phi) is 1.19. The van der Waals surface area contributed by atoms with Crippen molar-refractivity contribution in [3.8, 4) is 0 Å². The van der Waals surface area contributed by atoms with Crippen LogP contribution < -0.4 is 5.43 Å². The van der Waals surface area contributed by atoms with Crippen LogP contribution in [0.5, 0.6) is 0 Å². The van der Waals surface area contributed by atoms with Gasteiger partial charge in [-0.15, -0.1) is 10.5 Å². The number of rotatable bonds is 1. The van der Waals surface area contributed by atoms with Crippen LogP contribution in [-0.2, 0) is 0 Å². The molecule has 1 heterocycles. The molecule has 3 nitrogen and oxygen atoms in total. The van der Waals surface area contributed by atoms with Gasteiger partial charge in [0.2, 0.25) is 5.84 Å². The van der Waals surface area contributed by atoms with Gasteiger partial charge in [-0.25, -0.2) is 13.8 Å². The van der Waals surface area contributed by atoms with Gasteiger partial charge in [-0.3, -0.25) is 0 Å². The topological polar surface area (TPSA) is 38.8 Å². The summed E-state index contributed by atoms with van der Waals surface area (Å²) in [5.74, 6) is -0.509. The summed E-state index contributed by atoms with van der Waals surface area (Å²) >= 11 is 0. The number of hydrogen-bond donors (Lipinski definition) is 0. The van der Waals surface area contributed by atoms with E-state index in [-0.39, 0.29) is 0 Å². The maximum Gasteiger partial charge on any atom is 0.299 e. The third-order valence-corrected chi connectivity index (χ3v) is 0.597. The van der Waals surface area contributed by atoms with Gasteiger partial charge in [0.05, 0.1) is 0 Å². The molecule has 1 rings (SSSR count). The molecule has 5 heteroatoms. The first-order valence-electron chi connectivity index (χ1n) is 1.89. The van der Waals surface area contributed by atoms with Crippen molar-refractivity contribution in [2.75, 3.05) is 0 Å². The molecule has 1 radical (unpaired) electrons. The minimum absolute atomic E-state index is 0.509. The Hall–Kier alpha value is -1.00. The second kappa shape index (κ2) is 1.85. The normalized spacial score (nSPS) is 16.6. The second-order valence-electron chi connectivity index (χ2n) is 1.12. The summed E-state index contributed by atoms with van der Waals surface area (Å²) in [6, 6.07) is 0. The van der Waals surface area contributed by atoms with Crippen molar-refractivity contribution in [1.29, 1.82) is 0 Å². The molecule has 0 saturated heterocycles. The van der Waals surface area contributed by atoms with E-state index < -0.39 is 12.3 Å². The van der Waals surface area contributed by atoms with E-state index in [0.717, 1.165) is 6.34 Å². The summed E-state index contributed by atoms with van der Waals surface area (Å²) in [6.07, 6.45) is -1.61. The molecule has 43 valence electrons. The first kappa shape index (κ1) is 5.14. The van der Waals surface area contributed by atoms with Crippen LogP contribution in [0.4, 0.5) is 8.78 Å². The van der Waals surface area contributed by atoms with E-state index >= 15 is 0 Å². The molecule has 0 N–H and O–H groups in total. The van der Waals surface area contributed by atoms with Gasteiger partial charge in [0.15, 0.2) is 0 Å². The van der Waals surface area contributed by atoms with Crippen molar-refractivity contribution >= 4 is 12.2 Å². The Balaban J connectivity index is 2.58. The predicted octanol–water partition coefficient (Wildman–Crippen LogP) is 0.211. The summed E-state index contributed by atoms with van der Waals surface area (Å²) in [5.41, 5.74) is 3.10. The zero-order valence-corrected chi connectivity index (χ0v) is 3.75. The third kappa shape index (κ3) is 0.800. The summed E-state index contributed by atoms with van der Waals surface area (Å²) in [6.45, 7) is 0. The van der Waals surface area contributed by atoms with Gasteiger partial charge in [-0.05, 0) is 0 Å². The number of hydrogen-bond acceptors (Lipinski definition) is 2. The average molecular weight is 118 g/mol. The molecule has 0 amide bonds. The molecule has 8 heavy (non-hydrogen) atoms. The van der Waals surface area contributed by atoms with Gasteiger partial charge in [-0.1, -0.05) is 0 Å². The Morgan fingerprint density at radius 1 is 1.50 bits per heavy atom. The van der Waals surface area contributed by atoms with E-state index in [4.69, 9.17) is 0 Å². The van der Waals surface area contributed by atoms with Gasteiger partial charge in [0.1, 0.15) is 6.34 Å². The molecule has 1 aliphatic heterocycles. The molecule has 0 fully saturated rings. The van der Waals surface area contributed by atoms with E-state index in [2.05, 4.69) is 15.5 Å². The zero-order valence-electron chi connectivity index (χ0n) is 3.75. The third-order valence-electron chi connectivity index (χ3n) is 0.597. The smallest absolute Gasteiger partial charge is 0.212 e. The maximum absolute atomic E-state index is 11.4. The van der Waals surface area contributed by atoms with Gasteiger partial charge < -0.3 is 0 Å². The minimum Gasteiger partial charge on any atom is -0.212 e. The molecule has 0 bridgehead atoms. The Bertz CT molecular complexity index is 139. The Morgan fingerprint density at radius 3 is 2.50 bits per heavy atom. The molecular weight excluding hydrogens is 116 g/mol. The SMILES string of the molecule is FC(F)C1=N[N]C=N1. The quantitative estimate of drug-likeness (QED) is 0.472. The first-order valence-corrected chi connectivity index (χ1v) is 1.89. The summed E-state index contributed by atoms with van der Waals surface area (Å²) in [7, 11) is 0. The lowest BCUT2D eigenvalue weighted by molar-refractivity contribution is 0.224.